The zero-order chi connectivity index (χ0) is 11.5. The molecule has 0 aliphatic heterocycles. The minimum absolute atomic E-state index is 0.0472. The van der Waals surface area contributed by atoms with Crippen molar-refractivity contribution in [2.45, 2.75) is 25.9 Å². The first-order valence-corrected chi connectivity index (χ1v) is 5.22. The van der Waals surface area contributed by atoms with Crippen molar-refractivity contribution in [3.63, 3.8) is 0 Å². The van der Waals surface area contributed by atoms with Crippen LogP contribution < -0.4 is 5.32 Å². The molecular weight excluding hydrogens is 198 g/mol. The van der Waals surface area contributed by atoms with E-state index in [1.54, 1.807) is 7.11 Å². The van der Waals surface area contributed by atoms with Crippen molar-refractivity contribution < 1.29 is 19.4 Å². The Kier molecular flexibility index (Phi) is 9.46. The lowest BCUT2D eigenvalue weighted by Gasteiger charge is -2.08. The summed E-state index contributed by atoms with van der Waals surface area (Å²) in [6, 6.07) is 0. The fourth-order valence-electron chi connectivity index (χ4n) is 0.940. The third-order valence-corrected chi connectivity index (χ3v) is 1.94. The highest BCUT2D eigenvalue weighted by Gasteiger charge is 2.03. The summed E-state index contributed by atoms with van der Waals surface area (Å²) in [7, 11) is 1.58. The smallest absolute Gasteiger partial charge is 0.246 e. The molecule has 0 aromatic heterocycles. The van der Waals surface area contributed by atoms with Crippen molar-refractivity contribution in [1.82, 2.24) is 5.32 Å². The number of ether oxygens (including phenoxy) is 2. The number of carbonyl (C=O) groups is 1. The van der Waals surface area contributed by atoms with Gasteiger partial charge in [-0.3, -0.25) is 4.79 Å². The fourth-order valence-corrected chi connectivity index (χ4v) is 0.940. The second-order valence-corrected chi connectivity index (χ2v) is 3.25. The summed E-state index contributed by atoms with van der Waals surface area (Å²) < 4.78 is 9.78. The van der Waals surface area contributed by atoms with Crippen molar-refractivity contribution in [3.05, 3.63) is 0 Å². The van der Waals surface area contributed by atoms with Crippen molar-refractivity contribution in [2.75, 3.05) is 33.5 Å². The van der Waals surface area contributed by atoms with Gasteiger partial charge < -0.3 is 19.9 Å². The number of amides is 1. The third kappa shape index (κ3) is 9.65. The molecule has 1 atom stereocenters. The Bertz CT molecular complexity index is 164. The van der Waals surface area contributed by atoms with Gasteiger partial charge in [0.25, 0.3) is 0 Å². The van der Waals surface area contributed by atoms with E-state index in [2.05, 4.69) is 5.32 Å². The molecule has 0 aliphatic carbocycles. The summed E-state index contributed by atoms with van der Waals surface area (Å²) in [6.07, 6.45) is 0.959. The van der Waals surface area contributed by atoms with Crippen LogP contribution in [0.25, 0.3) is 0 Å². The van der Waals surface area contributed by atoms with Crippen LogP contribution in [0.2, 0.25) is 0 Å². The van der Waals surface area contributed by atoms with E-state index in [4.69, 9.17) is 9.47 Å². The molecule has 0 rings (SSSR count). The largest absolute Gasteiger partial charge is 0.393 e. The molecule has 0 spiro atoms. The molecule has 5 nitrogen and oxygen atoms in total. The van der Waals surface area contributed by atoms with Gasteiger partial charge in [-0.05, 0) is 12.8 Å². The van der Waals surface area contributed by atoms with Gasteiger partial charge in [0.05, 0.1) is 19.3 Å². The summed E-state index contributed by atoms with van der Waals surface area (Å²) in [5.74, 6) is -0.158. The quantitative estimate of drug-likeness (QED) is 0.533. The summed E-state index contributed by atoms with van der Waals surface area (Å²) in [4.78, 5) is 11.1. The van der Waals surface area contributed by atoms with Gasteiger partial charge in [-0.15, -0.1) is 0 Å². The molecule has 0 radical (unpaired) electrons. The van der Waals surface area contributed by atoms with Crippen molar-refractivity contribution >= 4 is 5.91 Å². The lowest BCUT2D eigenvalue weighted by molar-refractivity contribution is -0.126. The van der Waals surface area contributed by atoms with Gasteiger partial charge in [0.1, 0.15) is 6.61 Å². The Balaban J connectivity index is 3.26. The maximum Gasteiger partial charge on any atom is 0.246 e. The van der Waals surface area contributed by atoms with Gasteiger partial charge >= 0.3 is 0 Å². The average Bonchev–Trinajstić information content (AvgIpc) is 2.24. The molecule has 5 heteroatoms. The fraction of sp³-hybridized carbons (Fsp3) is 0.900. The van der Waals surface area contributed by atoms with Crippen LogP contribution >= 0.6 is 0 Å². The Morgan fingerprint density at radius 3 is 2.80 bits per heavy atom. The van der Waals surface area contributed by atoms with Crippen LogP contribution in [0.1, 0.15) is 19.8 Å². The molecule has 0 saturated carbocycles. The number of hydrogen-bond acceptors (Lipinski definition) is 4. The monoisotopic (exact) mass is 219 g/mol. The summed E-state index contributed by atoms with van der Waals surface area (Å²) in [5.41, 5.74) is 0. The highest BCUT2D eigenvalue weighted by Crippen LogP contribution is 1.93. The first-order chi connectivity index (χ1) is 7.20. The number of aliphatic hydroxyl groups is 1. The third-order valence-electron chi connectivity index (χ3n) is 1.94. The van der Waals surface area contributed by atoms with Gasteiger partial charge in [0.2, 0.25) is 5.91 Å². The molecule has 0 bridgehead atoms. The van der Waals surface area contributed by atoms with Crippen LogP contribution in [0.4, 0.5) is 0 Å². The van der Waals surface area contributed by atoms with Crippen LogP contribution in [0.5, 0.6) is 0 Å². The molecule has 1 unspecified atom stereocenters. The Morgan fingerprint density at radius 2 is 2.20 bits per heavy atom. The van der Waals surface area contributed by atoms with E-state index in [9.17, 15) is 9.90 Å². The van der Waals surface area contributed by atoms with Crippen molar-refractivity contribution in [1.29, 1.82) is 0 Å². The Hall–Kier alpha value is -0.650. The van der Waals surface area contributed by atoms with Crippen LogP contribution in [0.3, 0.4) is 0 Å². The van der Waals surface area contributed by atoms with Crippen LogP contribution in [0, 0.1) is 0 Å². The maximum absolute atomic E-state index is 11.1. The topological polar surface area (TPSA) is 67.8 Å². The first kappa shape index (κ1) is 14.3. The Labute approximate surface area is 90.8 Å². The predicted molar refractivity (Wildman–Crippen MR) is 56.6 cm³/mol. The second-order valence-electron chi connectivity index (χ2n) is 3.25. The number of aliphatic hydroxyl groups excluding tert-OH is 1. The molecule has 0 saturated heterocycles. The lowest BCUT2D eigenvalue weighted by Crippen LogP contribution is -2.30. The normalized spacial score (nSPS) is 12.5. The van der Waals surface area contributed by atoms with Crippen molar-refractivity contribution in [2.24, 2.45) is 0 Å². The van der Waals surface area contributed by atoms with E-state index in [-0.39, 0.29) is 18.6 Å². The standard InChI is InChI=1S/C10H21NO4/c1-3-9(12)4-5-11-10(13)8-15-7-6-14-2/h9,12H,3-8H2,1-2H3,(H,11,13). The van der Waals surface area contributed by atoms with Crippen LogP contribution in [0.15, 0.2) is 0 Å². The number of hydrogen-bond donors (Lipinski definition) is 2. The predicted octanol–water partition coefficient (Wildman–Crippen LogP) is -0.0734. The summed E-state index contributed by atoms with van der Waals surface area (Å²) >= 11 is 0. The summed E-state index contributed by atoms with van der Waals surface area (Å²) in [6.45, 7) is 3.34. The van der Waals surface area contributed by atoms with E-state index in [1.807, 2.05) is 6.92 Å². The van der Waals surface area contributed by atoms with Gasteiger partial charge in [-0.2, -0.15) is 0 Å². The first-order valence-electron chi connectivity index (χ1n) is 5.22. The van der Waals surface area contributed by atoms with Gasteiger partial charge in [-0.1, -0.05) is 6.92 Å². The summed E-state index contributed by atoms with van der Waals surface area (Å²) in [5, 5.41) is 11.9. The average molecular weight is 219 g/mol. The van der Waals surface area contributed by atoms with E-state index < -0.39 is 0 Å². The molecule has 90 valence electrons. The van der Waals surface area contributed by atoms with Gasteiger partial charge in [0, 0.05) is 13.7 Å². The molecular formula is C10H21NO4. The zero-order valence-corrected chi connectivity index (χ0v) is 9.49. The molecule has 0 aliphatic rings. The van der Waals surface area contributed by atoms with E-state index in [1.165, 1.54) is 0 Å². The van der Waals surface area contributed by atoms with E-state index in [0.717, 1.165) is 0 Å². The molecule has 15 heavy (non-hydrogen) atoms. The lowest BCUT2D eigenvalue weighted by atomic mass is 10.2. The highest BCUT2D eigenvalue weighted by atomic mass is 16.5. The minimum atomic E-state index is -0.334. The number of methoxy groups -OCH3 is 1. The zero-order valence-electron chi connectivity index (χ0n) is 9.49. The van der Waals surface area contributed by atoms with Gasteiger partial charge in [0.15, 0.2) is 0 Å². The molecule has 0 aromatic rings. The van der Waals surface area contributed by atoms with E-state index >= 15 is 0 Å². The van der Waals surface area contributed by atoms with Crippen LogP contribution in [-0.2, 0) is 14.3 Å². The Morgan fingerprint density at radius 1 is 1.47 bits per heavy atom. The van der Waals surface area contributed by atoms with Crippen molar-refractivity contribution in [3.8, 4) is 0 Å². The van der Waals surface area contributed by atoms with Gasteiger partial charge in [-0.25, -0.2) is 0 Å². The highest BCUT2D eigenvalue weighted by molar-refractivity contribution is 5.77. The molecule has 0 fully saturated rings. The minimum Gasteiger partial charge on any atom is -0.393 e. The second kappa shape index (κ2) is 9.89. The number of nitrogens with one attached hydrogen (secondary N) is 1. The molecule has 0 heterocycles. The molecule has 0 aromatic carbocycles. The maximum atomic E-state index is 11.1. The SMILES string of the molecule is CCC(O)CCNC(=O)COCCOC. The molecule has 1 amide bonds. The molecule has 2 N–H and O–H groups in total. The van der Waals surface area contributed by atoms with Crippen LogP contribution in [-0.4, -0.2) is 50.6 Å². The van der Waals surface area contributed by atoms with E-state index in [0.29, 0.717) is 32.6 Å². The number of rotatable bonds is 9. The number of carbonyl (C=O) groups excluding carboxylic acids is 1.